The number of ether oxygens (including phenoxy) is 3. The molecular weight excluding hydrogens is 258 g/mol. The fraction of sp³-hybridized carbons (Fsp3) is 1.00. The molecule has 0 saturated heterocycles. The summed E-state index contributed by atoms with van der Waals surface area (Å²) in [5.74, 6) is 0. The molecule has 5 nitrogen and oxygen atoms in total. The summed E-state index contributed by atoms with van der Waals surface area (Å²) in [6.45, 7) is 3.51. The number of methoxy groups -OCH3 is 1. The van der Waals surface area contributed by atoms with Gasteiger partial charge in [-0.1, -0.05) is 25.7 Å². The molecular formula is C15H31NO4. The van der Waals surface area contributed by atoms with Gasteiger partial charge >= 0.3 is 0 Å². The molecule has 0 amide bonds. The molecule has 120 valence electrons. The molecule has 1 fully saturated rings. The summed E-state index contributed by atoms with van der Waals surface area (Å²) in [4.78, 5) is 0. The van der Waals surface area contributed by atoms with Crippen molar-refractivity contribution in [2.24, 2.45) is 5.73 Å². The first kappa shape index (κ1) is 17.9. The first-order valence-corrected chi connectivity index (χ1v) is 7.71. The van der Waals surface area contributed by atoms with Crippen LogP contribution in [0, 0.1) is 0 Å². The molecule has 5 heteroatoms. The maximum Gasteiger partial charge on any atom is 0.101 e. The second-order valence-corrected chi connectivity index (χ2v) is 6.04. The van der Waals surface area contributed by atoms with Crippen molar-refractivity contribution < 1.29 is 19.3 Å². The van der Waals surface area contributed by atoms with Crippen LogP contribution in [0.5, 0.6) is 0 Å². The first-order valence-electron chi connectivity index (χ1n) is 7.71. The number of hydrogen-bond acceptors (Lipinski definition) is 5. The van der Waals surface area contributed by atoms with E-state index in [2.05, 4.69) is 0 Å². The molecule has 0 heterocycles. The van der Waals surface area contributed by atoms with Crippen molar-refractivity contribution in [3.63, 3.8) is 0 Å². The monoisotopic (exact) mass is 289 g/mol. The van der Waals surface area contributed by atoms with E-state index in [9.17, 15) is 5.11 Å². The summed E-state index contributed by atoms with van der Waals surface area (Å²) in [6, 6.07) is 0. The number of aliphatic hydroxyl groups is 1. The molecule has 0 spiro atoms. The van der Waals surface area contributed by atoms with Gasteiger partial charge in [0.05, 0.1) is 32.5 Å². The summed E-state index contributed by atoms with van der Waals surface area (Å²) >= 11 is 0. The van der Waals surface area contributed by atoms with Gasteiger partial charge in [0.1, 0.15) is 6.10 Å². The van der Waals surface area contributed by atoms with Crippen molar-refractivity contribution in [3.05, 3.63) is 0 Å². The fourth-order valence-electron chi connectivity index (χ4n) is 2.58. The topological polar surface area (TPSA) is 73.9 Å². The zero-order valence-corrected chi connectivity index (χ0v) is 13.0. The van der Waals surface area contributed by atoms with Crippen LogP contribution in [0.25, 0.3) is 0 Å². The lowest BCUT2D eigenvalue weighted by atomic mass is 9.93. The van der Waals surface area contributed by atoms with Crippen LogP contribution in [-0.4, -0.2) is 56.4 Å². The second-order valence-electron chi connectivity index (χ2n) is 6.04. The lowest BCUT2D eigenvalue weighted by molar-refractivity contribution is -0.0620. The van der Waals surface area contributed by atoms with E-state index in [0.717, 1.165) is 12.8 Å². The van der Waals surface area contributed by atoms with Crippen LogP contribution in [0.15, 0.2) is 0 Å². The molecule has 0 aliphatic heterocycles. The minimum Gasteiger partial charge on any atom is -0.388 e. The second kappa shape index (κ2) is 9.68. The van der Waals surface area contributed by atoms with Gasteiger partial charge in [0.2, 0.25) is 0 Å². The smallest absolute Gasteiger partial charge is 0.101 e. The molecule has 0 radical (unpaired) electrons. The Labute approximate surface area is 122 Å². The van der Waals surface area contributed by atoms with Crippen LogP contribution in [0.4, 0.5) is 0 Å². The molecule has 2 atom stereocenters. The predicted octanol–water partition coefficient (Wildman–Crippen LogP) is 1.47. The first-order chi connectivity index (χ1) is 9.56. The van der Waals surface area contributed by atoms with Gasteiger partial charge < -0.3 is 25.1 Å². The van der Waals surface area contributed by atoms with Gasteiger partial charge in [0.15, 0.2) is 0 Å². The van der Waals surface area contributed by atoms with Crippen molar-refractivity contribution in [1.82, 2.24) is 0 Å². The number of nitrogens with two attached hydrogens (primary N) is 1. The van der Waals surface area contributed by atoms with Crippen molar-refractivity contribution >= 4 is 0 Å². The largest absolute Gasteiger partial charge is 0.388 e. The highest BCUT2D eigenvalue weighted by Gasteiger charge is 2.26. The molecule has 20 heavy (non-hydrogen) atoms. The van der Waals surface area contributed by atoms with E-state index in [-0.39, 0.29) is 24.9 Å². The summed E-state index contributed by atoms with van der Waals surface area (Å²) in [5.41, 5.74) is 6.14. The van der Waals surface area contributed by atoms with E-state index in [1.807, 2.05) is 6.92 Å². The lowest BCUT2D eigenvalue weighted by Crippen LogP contribution is -2.44. The van der Waals surface area contributed by atoms with E-state index < -0.39 is 6.10 Å². The number of hydrogen-bond donors (Lipinski definition) is 2. The third kappa shape index (κ3) is 7.55. The maximum absolute atomic E-state index is 9.80. The zero-order chi connectivity index (χ0) is 14.8. The van der Waals surface area contributed by atoms with E-state index >= 15 is 0 Å². The van der Waals surface area contributed by atoms with Gasteiger partial charge in [0.25, 0.3) is 0 Å². The summed E-state index contributed by atoms with van der Waals surface area (Å²) in [7, 11) is 1.63. The Bertz CT molecular complexity index is 242. The summed E-state index contributed by atoms with van der Waals surface area (Å²) < 4.78 is 16.0. The molecule has 3 N–H and O–H groups in total. The minimum absolute atomic E-state index is 0.0163. The van der Waals surface area contributed by atoms with Gasteiger partial charge in [-0.3, -0.25) is 0 Å². The van der Waals surface area contributed by atoms with Crippen LogP contribution in [0.1, 0.15) is 45.4 Å². The third-order valence-electron chi connectivity index (χ3n) is 3.77. The molecule has 0 aromatic heterocycles. The Morgan fingerprint density at radius 1 is 1.10 bits per heavy atom. The van der Waals surface area contributed by atoms with Crippen LogP contribution >= 0.6 is 0 Å². The summed E-state index contributed by atoms with van der Waals surface area (Å²) in [6.07, 6.45) is 6.32. The highest BCUT2D eigenvalue weighted by atomic mass is 16.5. The van der Waals surface area contributed by atoms with Crippen molar-refractivity contribution in [1.29, 1.82) is 0 Å². The predicted molar refractivity (Wildman–Crippen MR) is 78.7 cm³/mol. The molecule has 0 bridgehead atoms. The minimum atomic E-state index is -0.608. The standard InChI is InChI=1S/C15H31NO4/c1-13(9-18-2)20-11-14(17)10-19-12-15(16)7-5-3-4-6-8-15/h13-14,17H,3-12,16H2,1-2H3. The van der Waals surface area contributed by atoms with Crippen LogP contribution < -0.4 is 5.73 Å². The number of rotatable bonds is 9. The average molecular weight is 289 g/mol. The highest BCUT2D eigenvalue weighted by molar-refractivity contribution is 4.85. The van der Waals surface area contributed by atoms with Gasteiger partial charge in [-0.05, 0) is 19.8 Å². The Morgan fingerprint density at radius 3 is 2.35 bits per heavy atom. The Hall–Kier alpha value is -0.200. The van der Waals surface area contributed by atoms with Gasteiger partial charge in [-0.25, -0.2) is 0 Å². The van der Waals surface area contributed by atoms with E-state index in [4.69, 9.17) is 19.9 Å². The Balaban J connectivity index is 2.12. The Morgan fingerprint density at radius 2 is 1.75 bits per heavy atom. The number of aliphatic hydroxyl groups excluding tert-OH is 1. The molecule has 1 saturated carbocycles. The van der Waals surface area contributed by atoms with E-state index in [0.29, 0.717) is 13.2 Å². The van der Waals surface area contributed by atoms with Crippen LogP contribution in [-0.2, 0) is 14.2 Å². The van der Waals surface area contributed by atoms with E-state index in [1.165, 1.54) is 25.7 Å². The van der Waals surface area contributed by atoms with Gasteiger partial charge in [-0.15, -0.1) is 0 Å². The molecule has 0 aromatic carbocycles. The average Bonchev–Trinajstić information content (AvgIpc) is 2.62. The summed E-state index contributed by atoms with van der Waals surface area (Å²) in [5, 5.41) is 9.80. The highest BCUT2D eigenvalue weighted by Crippen LogP contribution is 2.25. The molecule has 1 aliphatic rings. The molecule has 1 rings (SSSR count). The Kier molecular flexibility index (Phi) is 8.64. The molecule has 2 unspecified atom stereocenters. The molecule has 0 aromatic rings. The fourth-order valence-corrected chi connectivity index (χ4v) is 2.58. The maximum atomic E-state index is 9.80. The third-order valence-corrected chi connectivity index (χ3v) is 3.77. The van der Waals surface area contributed by atoms with Crippen LogP contribution in [0.3, 0.4) is 0 Å². The normalized spacial score (nSPS) is 22.2. The van der Waals surface area contributed by atoms with Crippen molar-refractivity contribution in [3.8, 4) is 0 Å². The van der Waals surface area contributed by atoms with Crippen LogP contribution in [0.2, 0.25) is 0 Å². The molecule has 1 aliphatic carbocycles. The van der Waals surface area contributed by atoms with Crippen molar-refractivity contribution in [2.45, 2.75) is 63.2 Å². The van der Waals surface area contributed by atoms with E-state index in [1.54, 1.807) is 7.11 Å². The quantitative estimate of drug-likeness (QED) is 0.629. The van der Waals surface area contributed by atoms with Gasteiger partial charge in [-0.2, -0.15) is 0 Å². The SMILES string of the molecule is COCC(C)OCC(O)COCC1(N)CCCCCC1. The lowest BCUT2D eigenvalue weighted by Gasteiger charge is -2.28. The van der Waals surface area contributed by atoms with Crippen molar-refractivity contribution in [2.75, 3.05) is 33.5 Å². The van der Waals surface area contributed by atoms with Gasteiger partial charge in [0, 0.05) is 12.6 Å². The zero-order valence-electron chi connectivity index (χ0n) is 13.0.